The summed E-state index contributed by atoms with van der Waals surface area (Å²) in [5, 5.41) is 7.42. The van der Waals surface area contributed by atoms with Crippen LogP contribution in [-0.2, 0) is 14.8 Å². The third-order valence-corrected chi connectivity index (χ3v) is 7.98. The van der Waals surface area contributed by atoms with Gasteiger partial charge in [0.25, 0.3) is 21.8 Å². The first-order chi connectivity index (χ1) is 19.7. The minimum absolute atomic E-state index is 0.0416. The molecule has 0 spiro atoms. The largest absolute Gasteiger partial charge is 0.497 e. The van der Waals surface area contributed by atoms with Gasteiger partial charge in [0.15, 0.2) is 0 Å². The Morgan fingerprint density at radius 1 is 0.878 bits per heavy atom. The minimum Gasteiger partial charge on any atom is -0.497 e. The number of anilines is 2. The quantitative estimate of drug-likeness (QED) is 0.191. The highest BCUT2D eigenvalue weighted by molar-refractivity contribution is 7.92. The summed E-state index contributed by atoms with van der Waals surface area (Å²) in [6.45, 7) is 1.16. The number of amides is 2. The number of methoxy groups -OCH3 is 1. The number of hydrazone groups is 1. The van der Waals surface area contributed by atoms with Gasteiger partial charge in [-0.2, -0.15) is 5.10 Å². The molecule has 4 aromatic rings. The summed E-state index contributed by atoms with van der Waals surface area (Å²) in [4.78, 5) is 25.6. The van der Waals surface area contributed by atoms with Gasteiger partial charge in [-0.25, -0.2) is 13.8 Å². The summed E-state index contributed by atoms with van der Waals surface area (Å²) in [5.74, 6) is -0.433. The maximum atomic E-state index is 13.5. The monoisotopic (exact) mass is 590 g/mol. The van der Waals surface area contributed by atoms with Crippen LogP contribution in [0.4, 0.5) is 11.4 Å². The van der Waals surface area contributed by atoms with Gasteiger partial charge in [0, 0.05) is 16.3 Å². The third-order valence-electron chi connectivity index (χ3n) is 5.95. The average molecular weight is 591 g/mol. The van der Waals surface area contributed by atoms with Crippen LogP contribution in [0.3, 0.4) is 0 Å². The molecule has 210 valence electrons. The number of carbonyl (C=O) groups is 2. The van der Waals surface area contributed by atoms with Gasteiger partial charge in [0.2, 0.25) is 0 Å². The van der Waals surface area contributed by atoms with Gasteiger partial charge in [-0.15, -0.1) is 0 Å². The Kier molecular flexibility index (Phi) is 9.38. The van der Waals surface area contributed by atoms with Crippen molar-refractivity contribution in [3.05, 3.63) is 119 Å². The molecule has 2 N–H and O–H groups in total. The summed E-state index contributed by atoms with van der Waals surface area (Å²) in [6.07, 6.45) is 0. The number of ether oxygens (including phenoxy) is 1. The Morgan fingerprint density at radius 2 is 1.56 bits per heavy atom. The zero-order valence-electron chi connectivity index (χ0n) is 22.2. The third kappa shape index (κ3) is 7.50. The molecule has 0 aliphatic heterocycles. The van der Waals surface area contributed by atoms with E-state index in [9.17, 15) is 18.0 Å². The lowest BCUT2D eigenvalue weighted by Gasteiger charge is -2.24. The number of sulfonamides is 1. The average Bonchev–Trinajstić information content (AvgIpc) is 2.99. The van der Waals surface area contributed by atoms with Gasteiger partial charge in [0.1, 0.15) is 12.3 Å². The SMILES string of the molecule is COc1ccc(N(CC(=O)N/N=C(/C)c2cccc(NC(=O)c3cccc(Cl)c3)c2)S(=O)(=O)c2ccccc2)cc1. The molecule has 0 fully saturated rings. The van der Waals surface area contributed by atoms with Crippen molar-refractivity contribution in [1.29, 1.82) is 0 Å². The summed E-state index contributed by atoms with van der Waals surface area (Å²) in [6, 6.07) is 27.7. The molecule has 4 rings (SSSR count). The Balaban J connectivity index is 1.50. The van der Waals surface area contributed by atoms with Gasteiger partial charge in [0.05, 0.1) is 23.4 Å². The number of nitrogens with zero attached hydrogens (tertiary/aromatic N) is 2. The number of halogens is 1. The topological polar surface area (TPSA) is 117 Å². The molecule has 41 heavy (non-hydrogen) atoms. The van der Waals surface area contributed by atoms with E-state index in [-0.39, 0.29) is 16.5 Å². The second kappa shape index (κ2) is 13.1. The summed E-state index contributed by atoms with van der Waals surface area (Å²) < 4.78 is 33.1. The lowest BCUT2D eigenvalue weighted by Crippen LogP contribution is -2.39. The number of hydrogen-bond donors (Lipinski definition) is 2. The predicted molar refractivity (Wildman–Crippen MR) is 160 cm³/mol. The van der Waals surface area contributed by atoms with Crippen molar-refractivity contribution < 1.29 is 22.7 Å². The molecule has 4 aromatic carbocycles. The van der Waals surface area contributed by atoms with E-state index < -0.39 is 22.5 Å². The fourth-order valence-electron chi connectivity index (χ4n) is 3.81. The molecule has 0 saturated heterocycles. The Hall–Kier alpha value is -4.67. The lowest BCUT2D eigenvalue weighted by molar-refractivity contribution is -0.119. The summed E-state index contributed by atoms with van der Waals surface area (Å²) in [7, 11) is -2.56. The van der Waals surface area contributed by atoms with Crippen molar-refractivity contribution in [2.75, 3.05) is 23.3 Å². The highest BCUT2D eigenvalue weighted by Gasteiger charge is 2.27. The molecule has 11 heteroatoms. The van der Waals surface area contributed by atoms with Crippen LogP contribution in [0.2, 0.25) is 5.02 Å². The maximum Gasteiger partial charge on any atom is 0.264 e. The van der Waals surface area contributed by atoms with Crippen LogP contribution in [-0.4, -0.2) is 39.6 Å². The fraction of sp³-hybridized carbons (Fsp3) is 0.100. The van der Waals surface area contributed by atoms with Crippen LogP contribution in [0, 0.1) is 0 Å². The molecule has 0 aliphatic rings. The van der Waals surface area contributed by atoms with Crippen LogP contribution < -0.4 is 19.8 Å². The molecule has 0 aromatic heterocycles. The molecule has 9 nitrogen and oxygen atoms in total. The van der Waals surface area contributed by atoms with Crippen molar-refractivity contribution in [2.24, 2.45) is 5.10 Å². The predicted octanol–water partition coefficient (Wildman–Crippen LogP) is 5.34. The van der Waals surface area contributed by atoms with Crippen LogP contribution in [0.5, 0.6) is 5.75 Å². The molecule has 0 bridgehead atoms. The van der Waals surface area contributed by atoms with E-state index in [1.165, 1.54) is 19.2 Å². The molecule has 0 unspecified atom stereocenters. The highest BCUT2D eigenvalue weighted by atomic mass is 35.5. The van der Waals surface area contributed by atoms with E-state index in [1.807, 2.05) is 0 Å². The van der Waals surface area contributed by atoms with E-state index >= 15 is 0 Å². The molecule has 0 saturated carbocycles. The molecule has 2 amide bonds. The first-order valence-electron chi connectivity index (χ1n) is 12.4. The van der Waals surface area contributed by atoms with Crippen LogP contribution >= 0.6 is 11.6 Å². The first-order valence-corrected chi connectivity index (χ1v) is 14.2. The molecule has 0 radical (unpaired) electrons. The van der Waals surface area contributed by atoms with Crippen molar-refractivity contribution in [2.45, 2.75) is 11.8 Å². The summed E-state index contributed by atoms with van der Waals surface area (Å²) >= 11 is 5.98. The molecular weight excluding hydrogens is 564 g/mol. The zero-order chi connectivity index (χ0) is 29.4. The molecular formula is C30H27ClN4O5S. The first kappa shape index (κ1) is 29.3. The highest BCUT2D eigenvalue weighted by Crippen LogP contribution is 2.25. The van der Waals surface area contributed by atoms with Gasteiger partial charge in [-0.1, -0.05) is 48.0 Å². The van der Waals surface area contributed by atoms with Crippen molar-refractivity contribution in [3.8, 4) is 5.75 Å². The summed E-state index contributed by atoms with van der Waals surface area (Å²) in [5.41, 5.74) is 4.73. The fourth-order valence-corrected chi connectivity index (χ4v) is 5.45. The number of hydrogen-bond acceptors (Lipinski definition) is 6. The minimum atomic E-state index is -4.07. The second-order valence-corrected chi connectivity index (χ2v) is 11.1. The van der Waals surface area contributed by atoms with E-state index in [2.05, 4.69) is 15.8 Å². The van der Waals surface area contributed by atoms with Crippen molar-refractivity contribution >= 4 is 50.5 Å². The van der Waals surface area contributed by atoms with E-state index in [1.54, 1.807) is 97.9 Å². The Labute approximate surface area is 243 Å². The number of nitrogens with one attached hydrogen (secondary N) is 2. The van der Waals surface area contributed by atoms with Gasteiger partial charge in [-0.3, -0.25) is 13.9 Å². The van der Waals surface area contributed by atoms with Gasteiger partial charge in [-0.05, 0) is 79.2 Å². The van der Waals surface area contributed by atoms with E-state index in [0.717, 1.165) is 4.31 Å². The Morgan fingerprint density at radius 3 is 2.24 bits per heavy atom. The standard InChI is InChI=1S/C30H27ClN4O5S/c1-21(22-8-7-11-25(19-22)32-30(37)23-9-6-10-24(31)18-23)33-34-29(36)20-35(26-14-16-27(40-2)17-15-26)41(38,39)28-12-4-3-5-13-28/h3-19H,20H2,1-2H3,(H,32,37)(H,34,36)/b33-21-. The second-order valence-electron chi connectivity index (χ2n) is 8.80. The zero-order valence-corrected chi connectivity index (χ0v) is 23.8. The van der Waals surface area contributed by atoms with Crippen molar-refractivity contribution in [3.63, 3.8) is 0 Å². The van der Waals surface area contributed by atoms with E-state index in [4.69, 9.17) is 16.3 Å². The maximum absolute atomic E-state index is 13.5. The lowest BCUT2D eigenvalue weighted by atomic mass is 10.1. The van der Waals surface area contributed by atoms with Crippen LogP contribution in [0.15, 0.2) is 113 Å². The number of rotatable bonds is 10. The van der Waals surface area contributed by atoms with Crippen LogP contribution in [0.1, 0.15) is 22.8 Å². The molecule has 0 atom stereocenters. The van der Waals surface area contributed by atoms with E-state index in [0.29, 0.717) is 33.3 Å². The smallest absolute Gasteiger partial charge is 0.264 e. The normalized spacial score (nSPS) is 11.4. The molecule has 0 heterocycles. The van der Waals surface area contributed by atoms with Gasteiger partial charge >= 0.3 is 0 Å². The Bertz CT molecular complexity index is 1680. The van der Waals surface area contributed by atoms with Gasteiger partial charge < -0.3 is 10.1 Å². The van der Waals surface area contributed by atoms with Crippen LogP contribution in [0.25, 0.3) is 0 Å². The van der Waals surface area contributed by atoms with Crippen molar-refractivity contribution in [1.82, 2.24) is 5.43 Å². The number of benzene rings is 4. The molecule has 0 aliphatic carbocycles. The number of carbonyl (C=O) groups excluding carboxylic acids is 2.